The van der Waals surface area contributed by atoms with Gasteiger partial charge in [0, 0.05) is 28.5 Å². The van der Waals surface area contributed by atoms with Gasteiger partial charge in [0.15, 0.2) is 0 Å². The molecular formula is C27H40N4O7S. The van der Waals surface area contributed by atoms with Crippen LogP contribution in [0.1, 0.15) is 77.9 Å². The third-order valence-electron chi connectivity index (χ3n) is 7.85. The highest BCUT2D eigenvalue weighted by Gasteiger charge is 2.52. The van der Waals surface area contributed by atoms with Gasteiger partial charge >= 0.3 is 5.97 Å². The van der Waals surface area contributed by atoms with Crippen LogP contribution in [0.2, 0.25) is 0 Å². The van der Waals surface area contributed by atoms with Crippen molar-refractivity contribution in [3.05, 3.63) is 32.1 Å². The first-order chi connectivity index (χ1) is 18.0. The third-order valence-corrected chi connectivity index (χ3v) is 8.64. The maximum absolute atomic E-state index is 13.0. The normalized spacial score (nSPS) is 23.2. The van der Waals surface area contributed by atoms with Crippen molar-refractivity contribution in [2.24, 2.45) is 22.4 Å². The van der Waals surface area contributed by atoms with E-state index in [4.69, 9.17) is 15.4 Å². The molecule has 0 radical (unpaired) electrons. The second-order valence-corrected chi connectivity index (χ2v) is 12.4. The highest BCUT2D eigenvalue weighted by atomic mass is 32.1. The molecule has 1 unspecified atom stereocenters. The van der Waals surface area contributed by atoms with Crippen molar-refractivity contribution in [3.63, 3.8) is 0 Å². The van der Waals surface area contributed by atoms with E-state index in [0.717, 1.165) is 16.3 Å². The van der Waals surface area contributed by atoms with Gasteiger partial charge < -0.3 is 20.1 Å². The average molecular weight is 565 g/mol. The molecule has 7 atom stereocenters. The first kappa shape index (κ1) is 32.6. The molecule has 1 aliphatic rings. The summed E-state index contributed by atoms with van der Waals surface area (Å²) < 4.78 is 5.90. The molecule has 12 heteroatoms. The Hall–Kier alpha value is -2.63. The Bertz CT molecular complexity index is 1140. The molecule has 1 aromatic rings. The van der Waals surface area contributed by atoms with Crippen LogP contribution in [0.5, 0.6) is 0 Å². The summed E-state index contributed by atoms with van der Waals surface area (Å²) in [5.41, 5.74) is 8.74. The molecule has 0 aromatic carbocycles. The molecule has 1 aliphatic heterocycles. The Morgan fingerprint density at radius 2 is 1.95 bits per heavy atom. The fourth-order valence-corrected chi connectivity index (χ4v) is 5.29. The monoisotopic (exact) mass is 564 g/mol. The number of aryl methyl sites for hydroxylation is 1. The molecule has 3 N–H and O–H groups in total. The highest BCUT2D eigenvalue weighted by Crippen LogP contribution is 2.44. The predicted octanol–water partition coefficient (Wildman–Crippen LogP) is 4.49. The molecule has 1 aromatic heterocycles. The maximum Gasteiger partial charge on any atom is 0.306 e. The van der Waals surface area contributed by atoms with Crippen molar-refractivity contribution in [2.45, 2.75) is 104 Å². The van der Waals surface area contributed by atoms with Crippen LogP contribution in [-0.2, 0) is 19.1 Å². The summed E-state index contributed by atoms with van der Waals surface area (Å²) in [5.74, 6) is -3.81. The van der Waals surface area contributed by atoms with Crippen LogP contribution < -0.4 is 0 Å². The number of epoxide rings is 1. The first-order valence-electron chi connectivity index (χ1n) is 13.0. The van der Waals surface area contributed by atoms with Gasteiger partial charge in [-0.2, -0.15) is 0 Å². The molecule has 39 heavy (non-hydrogen) atoms. The van der Waals surface area contributed by atoms with E-state index in [0.29, 0.717) is 12.8 Å². The van der Waals surface area contributed by atoms with E-state index < -0.39 is 59.3 Å². The predicted molar refractivity (Wildman–Crippen MR) is 147 cm³/mol. The molecule has 0 saturated carbocycles. The minimum atomic E-state index is -1.43. The van der Waals surface area contributed by atoms with E-state index in [1.165, 1.54) is 32.1 Å². The quantitative estimate of drug-likeness (QED) is 0.113. The van der Waals surface area contributed by atoms with E-state index in [1.54, 1.807) is 6.92 Å². The molecule has 2 heterocycles. The average Bonchev–Trinajstić information content (AvgIpc) is 3.32. The lowest BCUT2D eigenvalue weighted by molar-refractivity contribution is -0.147. The molecule has 216 valence electrons. The van der Waals surface area contributed by atoms with Crippen LogP contribution in [0.25, 0.3) is 16.5 Å². The summed E-state index contributed by atoms with van der Waals surface area (Å²) in [7, 11) is 0. The van der Waals surface area contributed by atoms with Crippen LogP contribution in [0.15, 0.2) is 16.1 Å². The van der Waals surface area contributed by atoms with Crippen molar-refractivity contribution < 1.29 is 34.4 Å². The number of aromatic nitrogens is 1. The van der Waals surface area contributed by atoms with Crippen LogP contribution in [0, 0.1) is 24.2 Å². The van der Waals surface area contributed by atoms with Gasteiger partial charge in [0.05, 0.1) is 52.5 Å². The minimum absolute atomic E-state index is 0.121. The van der Waals surface area contributed by atoms with Gasteiger partial charge in [-0.15, -0.1) is 11.3 Å². The number of aliphatic hydroxyl groups is 2. The summed E-state index contributed by atoms with van der Waals surface area (Å²) >= 11 is 1.53. The van der Waals surface area contributed by atoms with E-state index in [-0.39, 0.29) is 18.3 Å². The lowest BCUT2D eigenvalue weighted by atomic mass is 9.73. The van der Waals surface area contributed by atoms with Crippen molar-refractivity contribution in [3.8, 4) is 0 Å². The van der Waals surface area contributed by atoms with Crippen molar-refractivity contribution in [1.29, 1.82) is 0 Å². The Balaban J connectivity index is 1.95. The summed E-state index contributed by atoms with van der Waals surface area (Å²) in [6, 6.07) is -0.424. The number of rotatable bonds is 16. The summed E-state index contributed by atoms with van der Waals surface area (Å²) in [6.45, 7) is 11.6. The van der Waals surface area contributed by atoms with E-state index in [2.05, 4.69) is 15.0 Å². The molecule has 1 saturated heterocycles. The summed E-state index contributed by atoms with van der Waals surface area (Å²) in [6.07, 6.45) is -0.662. The van der Waals surface area contributed by atoms with E-state index >= 15 is 0 Å². The standard InChI is InChI=1S/C27H40N4O7S/c1-14(10-18-13-39-17(4)29-18)19(30-31-28)11-22-27(7,38-22)9-8-20(32)15(2)24(36)16(3)25(37)26(5,6)21(33)12-23(34)35/h10,13,15-16,19,21-22,24,33,36H,8-9,11-12H2,1-7H3,(H,34,35)/b14-10+/t15?,16-,19+,21+,22+,24+,27-/m1/s1. The van der Waals surface area contributed by atoms with Crippen molar-refractivity contribution >= 4 is 34.9 Å². The van der Waals surface area contributed by atoms with Gasteiger partial charge in [-0.1, -0.05) is 38.4 Å². The summed E-state index contributed by atoms with van der Waals surface area (Å²) in [4.78, 5) is 44.2. The Kier molecular flexibility index (Phi) is 11.0. The third kappa shape index (κ3) is 8.43. The fourth-order valence-electron chi connectivity index (χ4n) is 4.72. The van der Waals surface area contributed by atoms with Gasteiger partial charge in [0.25, 0.3) is 0 Å². The lowest BCUT2D eigenvalue weighted by Crippen LogP contribution is -2.46. The number of aliphatic hydroxyl groups excluding tert-OH is 2. The number of nitrogens with zero attached hydrogens (tertiary/aromatic N) is 4. The number of Topliss-reactive ketones (excluding diaryl/α,β-unsaturated/α-hetero) is 2. The Morgan fingerprint density at radius 3 is 2.49 bits per heavy atom. The van der Waals surface area contributed by atoms with E-state index in [1.807, 2.05) is 32.2 Å². The molecule has 2 rings (SSSR count). The van der Waals surface area contributed by atoms with Gasteiger partial charge in [0.1, 0.15) is 11.6 Å². The number of azide groups is 1. The summed E-state index contributed by atoms with van der Waals surface area (Å²) in [5, 5.41) is 36.7. The molecule has 1 fully saturated rings. The molecular weight excluding hydrogens is 524 g/mol. The van der Waals surface area contributed by atoms with Gasteiger partial charge in [0.2, 0.25) is 0 Å². The zero-order valence-electron chi connectivity index (χ0n) is 23.6. The van der Waals surface area contributed by atoms with Crippen molar-refractivity contribution in [1.82, 2.24) is 4.98 Å². The molecule has 0 bridgehead atoms. The number of hydrogen-bond acceptors (Lipinski definition) is 9. The molecule has 0 amide bonds. The SMILES string of the molecule is C/C(=C\c1csc(C)n1)[C@H](C[C@@H]1O[C@]1(C)CCC(=O)C(C)[C@H](O)[C@@H](C)C(=O)C(C)(C)[C@@H](O)CC(=O)O)N=[N+]=[N-]. The van der Waals surface area contributed by atoms with Crippen LogP contribution in [-0.4, -0.2) is 67.8 Å². The number of ketones is 2. The van der Waals surface area contributed by atoms with Gasteiger partial charge in [-0.25, -0.2) is 4.98 Å². The second kappa shape index (κ2) is 13.1. The Labute approximate surface area is 232 Å². The second-order valence-electron chi connectivity index (χ2n) is 11.3. The van der Waals surface area contributed by atoms with Gasteiger partial charge in [-0.3, -0.25) is 14.4 Å². The number of carboxylic acids is 1. The topological polar surface area (TPSA) is 186 Å². The fraction of sp³-hybridized carbons (Fsp3) is 0.704. The highest BCUT2D eigenvalue weighted by molar-refractivity contribution is 7.09. The maximum atomic E-state index is 13.0. The Morgan fingerprint density at radius 1 is 1.31 bits per heavy atom. The number of hydrogen-bond donors (Lipinski definition) is 3. The smallest absolute Gasteiger partial charge is 0.306 e. The van der Waals surface area contributed by atoms with Crippen LogP contribution >= 0.6 is 11.3 Å². The molecule has 0 spiro atoms. The number of ether oxygens (including phenoxy) is 1. The van der Waals surface area contributed by atoms with Crippen molar-refractivity contribution in [2.75, 3.05) is 0 Å². The largest absolute Gasteiger partial charge is 0.481 e. The lowest BCUT2D eigenvalue weighted by Gasteiger charge is -2.33. The minimum Gasteiger partial charge on any atom is -0.481 e. The van der Waals surface area contributed by atoms with Gasteiger partial charge in [-0.05, 0) is 45.2 Å². The van der Waals surface area contributed by atoms with Crippen LogP contribution in [0.3, 0.4) is 0 Å². The number of carbonyl (C=O) groups excluding carboxylic acids is 2. The zero-order chi connectivity index (χ0) is 29.7. The zero-order valence-corrected chi connectivity index (χ0v) is 24.4. The molecule has 0 aliphatic carbocycles. The number of thiazole rings is 1. The molecule has 11 nitrogen and oxygen atoms in total. The number of carbonyl (C=O) groups is 3. The number of carboxylic acid groups (broad SMARTS) is 1. The van der Waals surface area contributed by atoms with Crippen LogP contribution in [0.4, 0.5) is 0 Å². The van der Waals surface area contributed by atoms with E-state index in [9.17, 15) is 24.6 Å². The number of aliphatic carboxylic acids is 1. The first-order valence-corrected chi connectivity index (χ1v) is 13.9.